The van der Waals surface area contributed by atoms with E-state index >= 15 is 0 Å². The van der Waals surface area contributed by atoms with Crippen molar-refractivity contribution in [2.24, 2.45) is 23.2 Å². The first-order valence-corrected chi connectivity index (χ1v) is 14.3. The van der Waals surface area contributed by atoms with Crippen LogP contribution >= 0.6 is 0 Å². The molecule has 1 heterocycles. The standard InChI is InChI=1S/C30H40O13/c1-13(2)30-21(12-22(36)43-30)27(8,37)20-11-10-19-23(38-14(3)31)29(20,24(39-15(4)32)25(30)40-16(5)33)26(41-17(6)34)28(19,9)42-18(7)35/h19-21,23-26,37H,1,10-12H2,2-9H3/t19-,20+,21+,23-,24-,25-,26+,27-,28+,29+,30+/m1/s1. The maximum atomic E-state index is 13.0. The summed E-state index contributed by atoms with van der Waals surface area (Å²) in [7, 11) is 0. The number of aliphatic hydroxyl groups is 1. The minimum absolute atomic E-state index is 0.158. The molecule has 13 nitrogen and oxygen atoms in total. The van der Waals surface area contributed by atoms with Crippen LogP contribution < -0.4 is 0 Å². The molecule has 43 heavy (non-hydrogen) atoms. The van der Waals surface area contributed by atoms with E-state index in [1.54, 1.807) is 0 Å². The van der Waals surface area contributed by atoms with Gasteiger partial charge in [-0.2, -0.15) is 0 Å². The van der Waals surface area contributed by atoms with Crippen LogP contribution in [0.4, 0.5) is 0 Å². The van der Waals surface area contributed by atoms with Crippen LogP contribution in [0.15, 0.2) is 12.2 Å². The quantitative estimate of drug-likeness (QED) is 0.262. The van der Waals surface area contributed by atoms with E-state index in [0.29, 0.717) is 0 Å². The van der Waals surface area contributed by atoms with Crippen molar-refractivity contribution < 1.29 is 62.3 Å². The summed E-state index contributed by atoms with van der Waals surface area (Å²) in [5.41, 5.74) is -7.21. The first kappa shape index (κ1) is 32.4. The Bertz CT molecular complexity index is 1270. The molecule has 1 aliphatic heterocycles. The molecular formula is C30H40O13. The lowest BCUT2D eigenvalue weighted by Crippen LogP contribution is -2.67. The van der Waals surface area contributed by atoms with Crippen molar-refractivity contribution in [2.45, 2.75) is 116 Å². The number of esters is 6. The van der Waals surface area contributed by atoms with Gasteiger partial charge in [0.25, 0.3) is 0 Å². The van der Waals surface area contributed by atoms with Crippen molar-refractivity contribution >= 4 is 35.8 Å². The highest BCUT2D eigenvalue weighted by Gasteiger charge is 2.85. The molecule has 0 aromatic carbocycles. The molecular weight excluding hydrogens is 568 g/mol. The number of rotatable bonds is 6. The third kappa shape index (κ3) is 4.61. The molecule has 2 bridgehead atoms. The van der Waals surface area contributed by atoms with E-state index < -0.39 is 100 Å². The van der Waals surface area contributed by atoms with Crippen LogP contribution in [0.3, 0.4) is 0 Å². The van der Waals surface area contributed by atoms with Crippen molar-refractivity contribution in [3.63, 3.8) is 0 Å². The van der Waals surface area contributed by atoms with E-state index in [2.05, 4.69) is 6.58 Å². The molecule has 238 valence electrons. The van der Waals surface area contributed by atoms with Crippen molar-refractivity contribution in [1.82, 2.24) is 0 Å². The van der Waals surface area contributed by atoms with E-state index in [9.17, 15) is 33.9 Å². The van der Waals surface area contributed by atoms with Gasteiger partial charge >= 0.3 is 35.8 Å². The number of ether oxygens (including phenoxy) is 6. The molecule has 1 spiro atoms. The first-order valence-electron chi connectivity index (χ1n) is 14.3. The molecule has 1 N–H and O–H groups in total. The summed E-state index contributed by atoms with van der Waals surface area (Å²) in [6, 6.07) is 0. The molecule has 0 aromatic heterocycles. The van der Waals surface area contributed by atoms with Gasteiger partial charge in [0.1, 0.15) is 6.10 Å². The van der Waals surface area contributed by atoms with Crippen LogP contribution in [-0.2, 0) is 57.2 Å². The molecule has 3 aliphatic carbocycles. The average Bonchev–Trinajstić information content (AvgIpc) is 3.24. The Morgan fingerprint density at radius 3 is 1.77 bits per heavy atom. The highest BCUT2D eigenvalue weighted by Crippen LogP contribution is 2.71. The fourth-order valence-corrected chi connectivity index (χ4v) is 8.94. The zero-order chi connectivity index (χ0) is 32.4. The smallest absolute Gasteiger partial charge is 0.307 e. The molecule has 3 saturated carbocycles. The van der Waals surface area contributed by atoms with Crippen LogP contribution in [0.1, 0.15) is 74.7 Å². The van der Waals surface area contributed by atoms with Gasteiger partial charge in [0.05, 0.1) is 17.4 Å². The van der Waals surface area contributed by atoms with Crippen LogP contribution in [0.25, 0.3) is 0 Å². The molecule has 0 radical (unpaired) electrons. The highest BCUT2D eigenvalue weighted by atomic mass is 16.6. The van der Waals surface area contributed by atoms with Crippen molar-refractivity contribution in [2.75, 3.05) is 0 Å². The summed E-state index contributed by atoms with van der Waals surface area (Å²) in [6.07, 6.45) is -6.10. The lowest BCUT2D eigenvalue weighted by atomic mass is 9.55. The van der Waals surface area contributed by atoms with Gasteiger partial charge in [-0.3, -0.25) is 28.8 Å². The summed E-state index contributed by atoms with van der Waals surface area (Å²) in [5, 5.41) is 12.7. The van der Waals surface area contributed by atoms with E-state index in [1.165, 1.54) is 27.7 Å². The van der Waals surface area contributed by atoms with E-state index in [-0.39, 0.29) is 24.8 Å². The van der Waals surface area contributed by atoms with E-state index in [0.717, 1.165) is 27.7 Å². The van der Waals surface area contributed by atoms with Crippen LogP contribution in [0.2, 0.25) is 0 Å². The van der Waals surface area contributed by atoms with Gasteiger partial charge in [-0.05, 0) is 39.2 Å². The highest BCUT2D eigenvalue weighted by molar-refractivity contribution is 5.76. The first-order chi connectivity index (χ1) is 19.8. The lowest BCUT2D eigenvalue weighted by Gasteiger charge is -2.54. The van der Waals surface area contributed by atoms with Crippen LogP contribution in [0, 0.1) is 23.2 Å². The van der Waals surface area contributed by atoms with Crippen molar-refractivity contribution in [3.05, 3.63) is 12.2 Å². The van der Waals surface area contributed by atoms with Gasteiger partial charge in [-0.15, -0.1) is 0 Å². The monoisotopic (exact) mass is 608 g/mol. The molecule has 4 aliphatic rings. The Labute approximate surface area is 249 Å². The summed E-state index contributed by atoms with van der Waals surface area (Å²) < 4.78 is 35.7. The molecule has 13 heteroatoms. The maximum absolute atomic E-state index is 13.0. The topological polar surface area (TPSA) is 178 Å². The largest absolute Gasteiger partial charge is 0.461 e. The molecule has 0 unspecified atom stereocenters. The normalized spacial score (nSPS) is 42.7. The second kappa shape index (κ2) is 10.6. The summed E-state index contributed by atoms with van der Waals surface area (Å²) in [6.45, 7) is 14.3. The Kier molecular flexibility index (Phi) is 8.00. The zero-order valence-electron chi connectivity index (χ0n) is 25.7. The zero-order valence-corrected chi connectivity index (χ0v) is 25.7. The second-order valence-corrected chi connectivity index (χ2v) is 12.6. The van der Waals surface area contributed by atoms with Gasteiger partial charge in [0, 0.05) is 52.4 Å². The maximum Gasteiger partial charge on any atom is 0.307 e. The van der Waals surface area contributed by atoms with Gasteiger partial charge in [0.2, 0.25) is 0 Å². The van der Waals surface area contributed by atoms with Gasteiger partial charge in [-0.25, -0.2) is 0 Å². The van der Waals surface area contributed by atoms with Gasteiger partial charge in [-0.1, -0.05) is 6.58 Å². The Morgan fingerprint density at radius 2 is 1.28 bits per heavy atom. The minimum Gasteiger partial charge on any atom is -0.461 e. The molecule has 1 saturated heterocycles. The predicted octanol–water partition coefficient (Wildman–Crippen LogP) is 1.70. The molecule has 4 fully saturated rings. The predicted molar refractivity (Wildman–Crippen MR) is 143 cm³/mol. The second-order valence-electron chi connectivity index (χ2n) is 12.6. The van der Waals surface area contributed by atoms with Gasteiger partial charge in [0.15, 0.2) is 29.5 Å². The number of hydrogen-bond donors (Lipinski definition) is 1. The van der Waals surface area contributed by atoms with E-state index in [4.69, 9.17) is 28.4 Å². The minimum atomic E-state index is -1.92. The van der Waals surface area contributed by atoms with Crippen molar-refractivity contribution in [1.29, 1.82) is 0 Å². The lowest BCUT2D eigenvalue weighted by molar-refractivity contribution is -0.248. The Hall–Kier alpha value is -3.48. The summed E-state index contributed by atoms with van der Waals surface area (Å²) >= 11 is 0. The molecule has 0 amide bonds. The number of hydrogen-bond acceptors (Lipinski definition) is 13. The van der Waals surface area contributed by atoms with Gasteiger partial charge < -0.3 is 33.5 Å². The Balaban J connectivity index is 2.22. The average molecular weight is 609 g/mol. The fourth-order valence-electron chi connectivity index (χ4n) is 8.94. The van der Waals surface area contributed by atoms with E-state index in [1.807, 2.05) is 0 Å². The molecule has 0 aromatic rings. The molecule has 11 atom stereocenters. The van der Waals surface area contributed by atoms with Crippen molar-refractivity contribution in [3.8, 4) is 0 Å². The summed E-state index contributed by atoms with van der Waals surface area (Å²) in [5.74, 6) is -7.70. The number of carbonyl (C=O) groups is 6. The number of fused-ring (bicyclic) bond motifs is 2. The molecule has 4 rings (SSSR count). The fraction of sp³-hybridized carbons (Fsp3) is 0.733. The van der Waals surface area contributed by atoms with Crippen LogP contribution in [-0.4, -0.2) is 82.1 Å². The number of carbonyl (C=O) groups excluding carboxylic acids is 6. The van der Waals surface area contributed by atoms with Crippen LogP contribution in [0.5, 0.6) is 0 Å². The Morgan fingerprint density at radius 1 is 0.767 bits per heavy atom. The SMILES string of the molecule is C=C(C)[C@]12OC(=O)C[C@H]1[C@](C)(O)[C@@H]1CC[C@@H]3[C@@H](OC(C)=O)[C@@]1([C@H](OC(C)=O)[C@H]2OC(C)=O)[C@@H](OC(C)=O)[C@@]3(C)OC(C)=O. The summed E-state index contributed by atoms with van der Waals surface area (Å²) in [4.78, 5) is 76.8. The third-order valence-electron chi connectivity index (χ3n) is 9.90. The third-order valence-corrected chi connectivity index (χ3v) is 9.90.